The Balaban J connectivity index is 1.94. The van der Waals surface area contributed by atoms with Gasteiger partial charge in [0.25, 0.3) is 0 Å². The molecule has 0 fully saturated rings. The molecule has 0 spiro atoms. The summed E-state index contributed by atoms with van der Waals surface area (Å²) < 4.78 is 11.1. The number of furan rings is 1. The van der Waals surface area contributed by atoms with E-state index in [1.54, 1.807) is 6.26 Å². The highest BCUT2D eigenvalue weighted by Gasteiger charge is 2.30. The first kappa shape index (κ1) is 12.3. The molecule has 0 saturated heterocycles. The van der Waals surface area contributed by atoms with Crippen molar-refractivity contribution in [2.45, 2.75) is 38.9 Å². The maximum absolute atomic E-state index is 10.4. The normalized spacial score (nSPS) is 17.9. The van der Waals surface area contributed by atoms with E-state index in [1.807, 2.05) is 31.2 Å². The first-order valence-corrected chi connectivity index (χ1v) is 6.50. The van der Waals surface area contributed by atoms with E-state index in [1.165, 1.54) is 0 Å². The van der Waals surface area contributed by atoms with Crippen LogP contribution in [0.25, 0.3) is 0 Å². The zero-order valence-corrected chi connectivity index (χ0v) is 11.4. The van der Waals surface area contributed by atoms with E-state index in [-0.39, 0.29) is 5.60 Å². The molecule has 3 rings (SSSR count). The lowest BCUT2D eigenvalue weighted by Gasteiger charge is -2.16. The van der Waals surface area contributed by atoms with Crippen LogP contribution in [-0.4, -0.2) is 10.7 Å². The number of hydrogen-bond acceptors (Lipinski definition) is 3. The van der Waals surface area contributed by atoms with Crippen LogP contribution in [0.3, 0.4) is 0 Å². The first-order chi connectivity index (χ1) is 8.96. The number of aliphatic hydroxyl groups excluding tert-OH is 1. The lowest BCUT2D eigenvalue weighted by molar-refractivity contribution is 0.138. The summed E-state index contributed by atoms with van der Waals surface area (Å²) in [6.07, 6.45) is 1.83. The van der Waals surface area contributed by atoms with E-state index in [2.05, 4.69) is 13.8 Å². The molecule has 1 aromatic carbocycles. The molecule has 0 bridgehead atoms. The minimum atomic E-state index is -0.646. The Hall–Kier alpha value is -1.74. The highest BCUT2D eigenvalue weighted by atomic mass is 16.5. The van der Waals surface area contributed by atoms with Gasteiger partial charge in [-0.05, 0) is 50.1 Å². The third-order valence-corrected chi connectivity index (χ3v) is 3.60. The summed E-state index contributed by atoms with van der Waals surface area (Å²) >= 11 is 0. The summed E-state index contributed by atoms with van der Waals surface area (Å²) in [4.78, 5) is 0. The van der Waals surface area contributed by atoms with Gasteiger partial charge >= 0.3 is 0 Å². The number of fused-ring (bicyclic) bond motifs is 1. The Morgan fingerprint density at radius 2 is 2.05 bits per heavy atom. The number of aliphatic hydroxyl groups is 1. The van der Waals surface area contributed by atoms with Crippen molar-refractivity contribution in [2.75, 3.05) is 0 Å². The summed E-state index contributed by atoms with van der Waals surface area (Å²) in [5, 5.41) is 10.4. The zero-order chi connectivity index (χ0) is 13.6. The van der Waals surface area contributed by atoms with Crippen molar-refractivity contribution in [3.63, 3.8) is 0 Å². The molecule has 1 aliphatic rings. The first-order valence-electron chi connectivity index (χ1n) is 6.50. The third kappa shape index (κ3) is 2.15. The molecule has 0 aliphatic carbocycles. The fraction of sp³-hybridized carbons (Fsp3) is 0.375. The van der Waals surface area contributed by atoms with Gasteiger partial charge in [0, 0.05) is 12.0 Å². The van der Waals surface area contributed by atoms with E-state index in [4.69, 9.17) is 9.15 Å². The van der Waals surface area contributed by atoms with Crippen molar-refractivity contribution in [2.24, 2.45) is 0 Å². The largest absolute Gasteiger partial charge is 0.487 e. The minimum absolute atomic E-state index is 0.155. The van der Waals surface area contributed by atoms with Gasteiger partial charge in [0.15, 0.2) is 0 Å². The van der Waals surface area contributed by atoms with E-state index in [0.717, 1.165) is 34.6 Å². The molecule has 2 aromatic rings. The maximum atomic E-state index is 10.4. The number of rotatable bonds is 2. The standard InChI is InChI=1S/C16H18O3/c1-10-13(6-7-18-10)15(17)11-4-5-14-12(8-11)9-16(2,3)19-14/h4-8,15,17H,9H2,1-3H3. The van der Waals surface area contributed by atoms with Crippen LogP contribution in [0.15, 0.2) is 34.9 Å². The average molecular weight is 258 g/mol. The van der Waals surface area contributed by atoms with Gasteiger partial charge in [-0.1, -0.05) is 6.07 Å². The molecule has 0 amide bonds. The van der Waals surface area contributed by atoms with Crippen LogP contribution in [0.2, 0.25) is 0 Å². The van der Waals surface area contributed by atoms with Crippen molar-refractivity contribution in [1.82, 2.24) is 0 Å². The van der Waals surface area contributed by atoms with Gasteiger partial charge in [-0.15, -0.1) is 0 Å². The molecular formula is C16H18O3. The van der Waals surface area contributed by atoms with Gasteiger partial charge in [0.05, 0.1) is 6.26 Å². The monoisotopic (exact) mass is 258 g/mol. The van der Waals surface area contributed by atoms with Gasteiger partial charge in [0.2, 0.25) is 0 Å². The highest BCUT2D eigenvalue weighted by Crippen LogP contribution is 2.37. The van der Waals surface area contributed by atoms with Gasteiger partial charge in [-0.25, -0.2) is 0 Å². The number of benzene rings is 1. The van der Waals surface area contributed by atoms with E-state index >= 15 is 0 Å². The topological polar surface area (TPSA) is 42.6 Å². The highest BCUT2D eigenvalue weighted by molar-refractivity contribution is 5.44. The molecule has 1 unspecified atom stereocenters. The predicted molar refractivity (Wildman–Crippen MR) is 72.4 cm³/mol. The summed E-state index contributed by atoms with van der Waals surface area (Å²) in [5.41, 5.74) is 2.70. The molecule has 1 aliphatic heterocycles. The summed E-state index contributed by atoms with van der Waals surface area (Å²) in [5.74, 6) is 1.68. The molecule has 100 valence electrons. The van der Waals surface area contributed by atoms with E-state index in [0.29, 0.717) is 0 Å². The van der Waals surface area contributed by atoms with Crippen molar-refractivity contribution >= 4 is 0 Å². The Labute approximate surface area is 112 Å². The molecule has 2 heterocycles. The lowest BCUT2D eigenvalue weighted by Crippen LogP contribution is -2.24. The lowest BCUT2D eigenvalue weighted by atomic mass is 9.96. The second-order valence-corrected chi connectivity index (χ2v) is 5.74. The molecule has 3 nitrogen and oxygen atoms in total. The van der Waals surface area contributed by atoms with Crippen LogP contribution in [-0.2, 0) is 6.42 Å². The molecule has 1 aromatic heterocycles. The molecule has 1 N–H and O–H groups in total. The molecule has 1 atom stereocenters. The van der Waals surface area contributed by atoms with Crippen molar-refractivity contribution in [3.8, 4) is 5.75 Å². The third-order valence-electron chi connectivity index (χ3n) is 3.60. The second-order valence-electron chi connectivity index (χ2n) is 5.74. The van der Waals surface area contributed by atoms with Crippen LogP contribution in [0.4, 0.5) is 0 Å². The van der Waals surface area contributed by atoms with Crippen molar-refractivity contribution in [3.05, 3.63) is 53.0 Å². The van der Waals surface area contributed by atoms with Crippen molar-refractivity contribution in [1.29, 1.82) is 0 Å². The molecular weight excluding hydrogens is 240 g/mol. The Morgan fingerprint density at radius 3 is 2.74 bits per heavy atom. The fourth-order valence-corrected chi connectivity index (χ4v) is 2.66. The van der Waals surface area contributed by atoms with Gasteiger partial charge in [0.1, 0.15) is 23.2 Å². The van der Waals surface area contributed by atoms with Gasteiger partial charge < -0.3 is 14.3 Å². The average Bonchev–Trinajstić information content (AvgIpc) is 2.88. The van der Waals surface area contributed by atoms with Crippen LogP contribution in [0.5, 0.6) is 5.75 Å². The second kappa shape index (κ2) is 4.14. The smallest absolute Gasteiger partial charge is 0.123 e. The van der Waals surface area contributed by atoms with Crippen LogP contribution >= 0.6 is 0 Å². The Morgan fingerprint density at radius 1 is 1.26 bits per heavy atom. The fourth-order valence-electron chi connectivity index (χ4n) is 2.66. The number of ether oxygens (including phenoxy) is 1. The molecule has 3 heteroatoms. The maximum Gasteiger partial charge on any atom is 0.123 e. The van der Waals surface area contributed by atoms with Gasteiger partial charge in [-0.2, -0.15) is 0 Å². The summed E-state index contributed by atoms with van der Waals surface area (Å²) in [6.45, 7) is 6.00. The van der Waals surface area contributed by atoms with Crippen molar-refractivity contribution < 1.29 is 14.3 Å². The molecule has 0 radical (unpaired) electrons. The quantitative estimate of drug-likeness (QED) is 0.898. The summed E-state index contributed by atoms with van der Waals surface area (Å²) in [7, 11) is 0. The van der Waals surface area contributed by atoms with Crippen LogP contribution in [0.1, 0.15) is 42.4 Å². The SMILES string of the molecule is Cc1occc1C(O)c1ccc2c(c1)CC(C)(C)O2. The molecule has 0 saturated carbocycles. The van der Waals surface area contributed by atoms with E-state index < -0.39 is 6.10 Å². The number of hydrogen-bond donors (Lipinski definition) is 1. The zero-order valence-electron chi connectivity index (χ0n) is 11.4. The minimum Gasteiger partial charge on any atom is -0.487 e. The molecule has 19 heavy (non-hydrogen) atoms. The van der Waals surface area contributed by atoms with Crippen LogP contribution < -0.4 is 4.74 Å². The predicted octanol–water partition coefficient (Wildman–Crippen LogP) is 3.38. The van der Waals surface area contributed by atoms with E-state index in [9.17, 15) is 5.11 Å². The Bertz CT molecular complexity index is 610. The van der Waals surface area contributed by atoms with Crippen LogP contribution in [0, 0.1) is 6.92 Å². The number of aryl methyl sites for hydroxylation is 1. The summed E-state index contributed by atoms with van der Waals surface area (Å²) in [6, 6.07) is 7.70. The Kier molecular flexibility index (Phi) is 2.68. The van der Waals surface area contributed by atoms with Gasteiger partial charge in [-0.3, -0.25) is 0 Å².